The fourth-order valence-corrected chi connectivity index (χ4v) is 2.32. The number of fused-ring (bicyclic) bond motifs is 1. The predicted octanol–water partition coefficient (Wildman–Crippen LogP) is 2.45. The zero-order valence-electron chi connectivity index (χ0n) is 13.3. The molecule has 0 spiro atoms. The number of halogens is 1. The van der Waals surface area contributed by atoms with Gasteiger partial charge in [0.15, 0.2) is 22.8 Å². The Bertz CT molecular complexity index is 798. The summed E-state index contributed by atoms with van der Waals surface area (Å²) in [5.41, 5.74) is 0.336. The van der Waals surface area contributed by atoms with E-state index in [9.17, 15) is 9.59 Å². The number of carbonyl (C=O) groups is 2. The molecule has 1 aliphatic rings. The predicted molar refractivity (Wildman–Crippen MR) is 89.8 cm³/mol. The minimum Gasteiger partial charge on any atom is -0.485 e. The van der Waals surface area contributed by atoms with Crippen LogP contribution in [0, 0.1) is 0 Å². The van der Waals surface area contributed by atoms with Crippen LogP contribution in [0.5, 0.6) is 11.5 Å². The van der Waals surface area contributed by atoms with Gasteiger partial charge < -0.3 is 19.5 Å². The second kappa shape index (κ2) is 7.40. The molecule has 1 aliphatic heterocycles. The lowest BCUT2D eigenvalue weighted by atomic mass is 10.2. The minimum absolute atomic E-state index is 0.0125. The van der Waals surface area contributed by atoms with Gasteiger partial charge in [0, 0.05) is 6.20 Å². The number of nitrogens with one attached hydrogen (secondary N) is 1. The number of anilines is 1. The number of hydrogen-bond acceptors (Lipinski definition) is 6. The molecule has 1 aromatic carbocycles. The van der Waals surface area contributed by atoms with E-state index in [0.717, 1.165) is 0 Å². The zero-order chi connectivity index (χ0) is 17.8. The molecule has 2 heterocycles. The number of carbonyl (C=O) groups excluding carboxylic acids is 2. The summed E-state index contributed by atoms with van der Waals surface area (Å²) in [5, 5.41) is 2.70. The van der Waals surface area contributed by atoms with Crippen molar-refractivity contribution >= 4 is 29.2 Å². The molecule has 0 unspecified atom stereocenters. The van der Waals surface area contributed by atoms with Crippen molar-refractivity contribution in [2.45, 2.75) is 19.1 Å². The fourth-order valence-electron chi connectivity index (χ4n) is 2.15. The SMILES string of the molecule is C[C@H](OC(=O)[C@@H]1COc2ccccc2O1)C(=O)Nc1cccnc1Cl. The Labute approximate surface area is 148 Å². The molecular weight excluding hydrogens is 348 g/mol. The highest BCUT2D eigenvalue weighted by molar-refractivity contribution is 6.32. The Kier molecular flexibility index (Phi) is 5.04. The largest absolute Gasteiger partial charge is 0.485 e. The van der Waals surface area contributed by atoms with E-state index in [0.29, 0.717) is 17.2 Å². The van der Waals surface area contributed by atoms with Crippen LogP contribution in [0.2, 0.25) is 5.15 Å². The van der Waals surface area contributed by atoms with E-state index < -0.39 is 24.1 Å². The van der Waals surface area contributed by atoms with Crippen LogP contribution in [0.4, 0.5) is 5.69 Å². The summed E-state index contributed by atoms with van der Waals surface area (Å²) in [6, 6.07) is 10.2. The van der Waals surface area contributed by atoms with Crippen molar-refractivity contribution in [1.82, 2.24) is 4.98 Å². The zero-order valence-corrected chi connectivity index (χ0v) is 14.0. The second-order valence-corrected chi connectivity index (χ2v) is 5.63. The van der Waals surface area contributed by atoms with Crippen molar-refractivity contribution in [2.24, 2.45) is 0 Å². The highest BCUT2D eigenvalue weighted by atomic mass is 35.5. The van der Waals surface area contributed by atoms with Crippen LogP contribution in [-0.4, -0.2) is 35.7 Å². The van der Waals surface area contributed by atoms with Crippen LogP contribution in [0.15, 0.2) is 42.6 Å². The first-order valence-corrected chi connectivity index (χ1v) is 7.93. The molecule has 8 heteroatoms. The number of nitrogens with zero attached hydrogens (tertiary/aromatic N) is 1. The van der Waals surface area contributed by atoms with Gasteiger partial charge in [0.1, 0.15) is 6.61 Å². The topological polar surface area (TPSA) is 86.8 Å². The molecule has 7 nitrogen and oxygen atoms in total. The Balaban J connectivity index is 1.57. The molecule has 3 rings (SSSR count). The highest BCUT2D eigenvalue weighted by Crippen LogP contribution is 2.31. The fraction of sp³-hybridized carbons (Fsp3) is 0.235. The highest BCUT2D eigenvalue weighted by Gasteiger charge is 2.31. The van der Waals surface area contributed by atoms with Crippen molar-refractivity contribution in [3.8, 4) is 11.5 Å². The maximum atomic E-state index is 12.2. The molecule has 0 saturated heterocycles. The first-order valence-electron chi connectivity index (χ1n) is 7.55. The van der Waals surface area contributed by atoms with Crippen molar-refractivity contribution in [3.63, 3.8) is 0 Å². The van der Waals surface area contributed by atoms with Crippen LogP contribution in [0.3, 0.4) is 0 Å². The van der Waals surface area contributed by atoms with Gasteiger partial charge in [0.25, 0.3) is 5.91 Å². The minimum atomic E-state index is -1.04. The van der Waals surface area contributed by atoms with Gasteiger partial charge in [-0.15, -0.1) is 0 Å². The number of para-hydroxylation sites is 2. The van der Waals surface area contributed by atoms with E-state index in [-0.39, 0.29) is 11.8 Å². The summed E-state index contributed by atoms with van der Waals surface area (Å²) in [4.78, 5) is 28.2. The molecule has 1 aromatic heterocycles. The summed E-state index contributed by atoms with van der Waals surface area (Å²) >= 11 is 5.88. The van der Waals surface area contributed by atoms with Gasteiger partial charge in [0.05, 0.1) is 5.69 Å². The molecule has 0 saturated carbocycles. The molecule has 1 N–H and O–H groups in total. The molecular formula is C17H15ClN2O5. The van der Waals surface area contributed by atoms with Crippen molar-refractivity contribution in [1.29, 1.82) is 0 Å². The molecule has 25 heavy (non-hydrogen) atoms. The molecule has 0 radical (unpaired) electrons. The molecule has 130 valence electrons. The first-order chi connectivity index (χ1) is 12.0. The standard InChI is InChI=1S/C17H15ClN2O5/c1-10(16(21)20-11-5-4-8-19-15(11)18)24-17(22)14-9-23-12-6-2-3-7-13(12)25-14/h2-8,10,14H,9H2,1H3,(H,20,21)/t10-,14-/m0/s1. The van der Waals surface area contributed by atoms with Crippen LogP contribution in [0.25, 0.3) is 0 Å². The molecule has 1 amide bonds. The van der Waals surface area contributed by atoms with Gasteiger partial charge in [0.2, 0.25) is 6.10 Å². The van der Waals surface area contributed by atoms with E-state index in [1.54, 1.807) is 36.4 Å². The van der Waals surface area contributed by atoms with Gasteiger partial charge in [-0.05, 0) is 31.2 Å². The number of aromatic nitrogens is 1. The van der Waals surface area contributed by atoms with Gasteiger partial charge in [-0.1, -0.05) is 23.7 Å². The first kappa shape index (κ1) is 17.0. The lowest BCUT2D eigenvalue weighted by Crippen LogP contribution is -2.41. The average molecular weight is 363 g/mol. The van der Waals surface area contributed by atoms with Crippen LogP contribution in [0.1, 0.15) is 6.92 Å². The second-order valence-electron chi connectivity index (χ2n) is 5.27. The number of pyridine rings is 1. The number of hydrogen-bond donors (Lipinski definition) is 1. The van der Waals surface area contributed by atoms with Crippen molar-refractivity contribution in [3.05, 3.63) is 47.7 Å². The normalized spacial score (nSPS) is 16.6. The van der Waals surface area contributed by atoms with Crippen molar-refractivity contribution < 1.29 is 23.8 Å². The number of amides is 1. The Morgan fingerprint density at radius 2 is 2.04 bits per heavy atom. The summed E-state index contributed by atoms with van der Waals surface area (Å²) in [6.07, 6.45) is -0.476. The van der Waals surface area contributed by atoms with E-state index in [1.165, 1.54) is 13.1 Å². The Morgan fingerprint density at radius 1 is 1.28 bits per heavy atom. The number of esters is 1. The number of rotatable bonds is 4. The monoisotopic (exact) mass is 362 g/mol. The van der Waals surface area contributed by atoms with E-state index in [1.807, 2.05) is 0 Å². The maximum absolute atomic E-state index is 12.2. The third kappa shape index (κ3) is 4.00. The third-order valence-electron chi connectivity index (χ3n) is 3.45. The summed E-state index contributed by atoms with van der Waals surface area (Å²) in [6.45, 7) is 1.47. The summed E-state index contributed by atoms with van der Waals surface area (Å²) < 4.78 is 16.2. The number of ether oxygens (including phenoxy) is 3. The van der Waals surface area contributed by atoms with E-state index in [4.69, 9.17) is 25.8 Å². The van der Waals surface area contributed by atoms with Crippen LogP contribution in [-0.2, 0) is 14.3 Å². The quantitative estimate of drug-likeness (QED) is 0.664. The summed E-state index contributed by atoms with van der Waals surface area (Å²) in [7, 11) is 0. The van der Waals surface area contributed by atoms with Crippen LogP contribution >= 0.6 is 11.6 Å². The van der Waals surface area contributed by atoms with E-state index in [2.05, 4.69) is 10.3 Å². The van der Waals surface area contributed by atoms with Gasteiger partial charge in [-0.2, -0.15) is 0 Å². The average Bonchev–Trinajstić information content (AvgIpc) is 2.63. The van der Waals surface area contributed by atoms with Gasteiger partial charge >= 0.3 is 5.97 Å². The lowest BCUT2D eigenvalue weighted by Gasteiger charge is -2.25. The Hall–Kier alpha value is -2.80. The number of benzene rings is 1. The smallest absolute Gasteiger partial charge is 0.351 e. The van der Waals surface area contributed by atoms with E-state index >= 15 is 0 Å². The van der Waals surface area contributed by atoms with Gasteiger partial charge in [-0.3, -0.25) is 4.79 Å². The maximum Gasteiger partial charge on any atom is 0.351 e. The lowest BCUT2D eigenvalue weighted by molar-refractivity contribution is -0.162. The molecule has 0 fully saturated rings. The molecule has 2 aromatic rings. The Morgan fingerprint density at radius 3 is 2.80 bits per heavy atom. The molecule has 0 aliphatic carbocycles. The summed E-state index contributed by atoms with van der Waals surface area (Å²) in [5.74, 6) is -0.201. The third-order valence-corrected chi connectivity index (χ3v) is 3.75. The van der Waals surface area contributed by atoms with Crippen LogP contribution < -0.4 is 14.8 Å². The van der Waals surface area contributed by atoms with Crippen molar-refractivity contribution in [2.75, 3.05) is 11.9 Å². The molecule has 2 atom stereocenters. The van der Waals surface area contributed by atoms with Gasteiger partial charge in [-0.25, -0.2) is 9.78 Å². The molecule has 0 bridgehead atoms.